The van der Waals surface area contributed by atoms with Crippen LogP contribution in [0.25, 0.3) is 0 Å². The van der Waals surface area contributed by atoms with Gasteiger partial charge in [-0.05, 0) is 55.7 Å². The Morgan fingerprint density at radius 2 is 1.88 bits per heavy atom. The number of anilines is 1. The van der Waals surface area contributed by atoms with E-state index in [1.807, 2.05) is 0 Å². The fourth-order valence-electron chi connectivity index (χ4n) is 3.45. The Hall–Kier alpha value is -2.24. The Morgan fingerprint density at radius 1 is 1.16 bits per heavy atom. The zero-order valence-electron chi connectivity index (χ0n) is 17.1. The van der Waals surface area contributed by atoms with Crippen LogP contribution in [0.4, 0.5) is 14.9 Å². The van der Waals surface area contributed by atoms with Gasteiger partial charge in [0.1, 0.15) is 11.9 Å². The molecule has 2 aromatic rings. The Bertz CT molecular complexity index is 1020. The zero-order valence-corrected chi connectivity index (χ0v) is 18.7. The van der Waals surface area contributed by atoms with Crippen LogP contribution in [0.2, 0.25) is 5.02 Å². The number of carbonyl (C=O) groups excluding carboxylic acids is 1. The number of amides is 2. The molecule has 32 heavy (non-hydrogen) atoms. The lowest BCUT2D eigenvalue weighted by atomic mass is 9.97. The molecule has 2 aromatic carbocycles. The molecule has 174 valence electrons. The second kappa shape index (κ2) is 11.1. The first-order valence-electron chi connectivity index (χ1n) is 10.1. The summed E-state index contributed by atoms with van der Waals surface area (Å²) in [5.74, 6) is -0.553. The van der Waals surface area contributed by atoms with Crippen LogP contribution in [0.5, 0.6) is 0 Å². The summed E-state index contributed by atoms with van der Waals surface area (Å²) < 4.78 is 46.7. The van der Waals surface area contributed by atoms with Crippen molar-refractivity contribution >= 4 is 33.3 Å². The maximum absolute atomic E-state index is 13.7. The van der Waals surface area contributed by atoms with E-state index in [0.29, 0.717) is 24.3 Å². The number of carbonyl (C=O) groups is 1. The number of sulfonamides is 1. The average molecular weight is 486 g/mol. The van der Waals surface area contributed by atoms with Crippen LogP contribution in [0.15, 0.2) is 53.4 Å². The van der Waals surface area contributed by atoms with Crippen LogP contribution in [0.3, 0.4) is 0 Å². The number of benzene rings is 2. The molecule has 11 heteroatoms. The first-order chi connectivity index (χ1) is 15.3. The van der Waals surface area contributed by atoms with Crippen molar-refractivity contribution in [3.05, 3.63) is 59.4 Å². The molecule has 3 rings (SSSR count). The fraction of sp³-hybridized carbons (Fsp3) is 0.381. The highest BCUT2D eigenvalue weighted by molar-refractivity contribution is 7.89. The normalized spacial score (nSPS) is 21.2. The van der Waals surface area contributed by atoms with Crippen LogP contribution >= 0.6 is 11.6 Å². The highest BCUT2D eigenvalue weighted by Gasteiger charge is 2.32. The van der Waals surface area contributed by atoms with Gasteiger partial charge in [-0.3, -0.25) is 0 Å². The van der Waals surface area contributed by atoms with Crippen molar-refractivity contribution in [1.29, 1.82) is 0 Å². The monoisotopic (exact) mass is 485 g/mol. The van der Waals surface area contributed by atoms with Gasteiger partial charge < -0.3 is 20.5 Å². The summed E-state index contributed by atoms with van der Waals surface area (Å²) in [6.45, 7) is -0.169. The molecule has 1 saturated heterocycles. The van der Waals surface area contributed by atoms with Crippen molar-refractivity contribution in [3.8, 4) is 0 Å². The number of hydrogen-bond donors (Lipinski definition) is 4. The first-order valence-corrected chi connectivity index (χ1v) is 12.0. The van der Waals surface area contributed by atoms with Crippen molar-refractivity contribution in [1.82, 2.24) is 10.0 Å². The lowest BCUT2D eigenvalue weighted by Crippen LogP contribution is -2.52. The number of aliphatic hydroxyl groups excluding tert-OH is 1. The average Bonchev–Trinajstić information content (AvgIpc) is 2.76. The second-order valence-electron chi connectivity index (χ2n) is 7.38. The van der Waals surface area contributed by atoms with Crippen LogP contribution < -0.4 is 15.4 Å². The molecule has 0 spiro atoms. The van der Waals surface area contributed by atoms with E-state index in [-0.39, 0.29) is 29.8 Å². The van der Waals surface area contributed by atoms with Crippen molar-refractivity contribution in [2.45, 2.75) is 42.4 Å². The molecule has 8 nitrogen and oxygen atoms in total. The molecule has 3 atom stereocenters. The number of ether oxygens (including phenoxy) is 1. The lowest BCUT2D eigenvalue weighted by Gasteiger charge is -2.36. The highest BCUT2D eigenvalue weighted by Crippen LogP contribution is 2.22. The number of para-hydroxylation sites is 1. The maximum atomic E-state index is 13.7. The SMILES string of the molecule is O=C(Nc1ccccc1F)N[C@H]1CC[C@@H](CCNS(=O)(=O)c2ccc(Cl)cc2)O[C@H]1CO. The van der Waals surface area contributed by atoms with Crippen LogP contribution in [-0.4, -0.2) is 51.0 Å². The summed E-state index contributed by atoms with van der Waals surface area (Å²) in [5.41, 5.74) is 0.0492. The number of urea groups is 1. The van der Waals surface area contributed by atoms with E-state index in [4.69, 9.17) is 16.3 Å². The summed E-state index contributed by atoms with van der Waals surface area (Å²) in [4.78, 5) is 12.3. The van der Waals surface area contributed by atoms with Crippen molar-refractivity contribution < 1.29 is 27.4 Å². The molecule has 1 aliphatic heterocycles. The molecule has 0 aromatic heterocycles. The Labute approximate surface area is 191 Å². The van der Waals surface area contributed by atoms with E-state index in [2.05, 4.69) is 15.4 Å². The molecule has 1 aliphatic rings. The highest BCUT2D eigenvalue weighted by atomic mass is 35.5. The topological polar surface area (TPSA) is 117 Å². The fourth-order valence-corrected chi connectivity index (χ4v) is 4.62. The Balaban J connectivity index is 1.47. The smallest absolute Gasteiger partial charge is 0.319 e. The van der Waals surface area contributed by atoms with E-state index in [0.717, 1.165) is 0 Å². The number of nitrogens with one attached hydrogen (secondary N) is 3. The van der Waals surface area contributed by atoms with Crippen molar-refractivity contribution in [3.63, 3.8) is 0 Å². The van der Waals surface area contributed by atoms with E-state index in [1.54, 1.807) is 6.07 Å². The van der Waals surface area contributed by atoms with Gasteiger partial charge in [-0.2, -0.15) is 0 Å². The molecule has 0 saturated carbocycles. The van der Waals surface area contributed by atoms with Gasteiger partial charge in [0.2, 0.25) is 10.0 Å². The quantitative estimate of drug-likeness (QED) is 0.458. The molecular formula is C21H25ClFN3O5S. The largest absolute Gasteiger partial charge is 0.394 e. The van der Waals surface area contributed by atoms with Gasteiger partial charge in [-0.25, -0.2) is 22.3 Å². The third-order valence-electron chi connectivity index (χ3n) is 5.12. The van der Waals surface area contributed by atoms with Crippen LogP contribution in [0, 0.1) is 5.82 Å². The number of rotatable bonds is 8. The lowest BCUT2D eigenvalue weighted by molar-refractivity contribution is -0.0884. The summed E-state index contributed by atoms with van der Waals surface area (Å²) in [7, 11) is -3.67. The van der Waals surface area contributed by atoms with Gasteiger partial charge in [0.15, 0.2) is 0 Å². The molecular weight excluding hydrogens is 461 g/mol. The van der Waals surface area contributed by atoms with Gasteiger partial charge in [-0.1, -0.05) is 23.7 Å². The third-order valence-corrected chi connectivity index (χ3v) is 6.85. The Kier molecular flexibility index (Phi) is 8.44. The summed E-state index contributed by atoms with van der Waals surface area (Å²) >= 11 is 5.79. The van der Waals surface area contributed by atoms with E-state index < -0.39 is 34.0 Å². The number of halogens is 2. The molecule has 0 unspecified atom stereocenters. The minimum Gasteiger partial charge on any atom is -0.394 e. The molecule has 0 aliphatic carbocycles. The minimum absolute atomic E-state index is 0.0492. The predicted molar refractivity (Wildman–Crippen MR) is 119 cm³/mol. The summed E-state index contributed by atoms with van der Waals surface area (Å²) in [6.07, 6.45) is 0.534. The molecule has 1 heterocycles. The zero-order chi connectivity index (χ0) is 23.1. The summed E-state index contributed by atoms with van der Waals surface area (Å²) in [5, 5.41) is 15.3. The minimum atomic E-state index is -3.67. The number of aliphatic hydroxyl groups is 1. The number of hydrogen-bond acceptors (Lipinski definition) is 5. The van der Waals surface area contributed by atoms with E-state index >= 15 is 0 Å². The van der Waals surface area contributed by atoms with Gasteiger partial charge >= 0.3 is 6.03 Å². The van der Waals surface area contributed by atoms with E-state index in [9.17, 15) is 22.7 Å². The third kappa shape index (κ3) is 6.63. The molecule has 0 bridgehead atoms. The maximum Gasteiger partial charge on any atom is 0.319 e. The van der Waals surface area contributed by atoms with Crippen LogP contribution in [0.1, 0.15) is 19.3 Å². The predicted octanol–water partition coefficient (Wildman–Crippen LogP) is 2.88. The van der Waals surface area contributed by atoms with Crippen LogP contribution in [-0.2, 0) is 14.8 Å². The van der Waals surface area contributed by atoms with E-state index in [1.165, 1.54) is 42.5 Å². The second-order valence-corrected chi connectivity index (χ2v) is 9.59. The standard InChI is InChI=1S/C21H25ClFN3O5S/c22-14-5-8-16(9-6-14)32(29,30)24-12-11-15-7-10-19(20(13-27)31-15)26-21(28)25-18-4-2-1-3-17(18)23/h1-6,8-9,15,19-20,24,27H,7,10-13H2,(H2,25,26,28)/t15-,19-,20-/m0/s1. The molecule has 1 fully saturated rings. The summed E-state index contributed by atoms with van der Waals surface area (Å²) in [6, 6.07) is 10.6. The van der Waals surface area contributed by atoms with Gasteiger partial charge in [-0.15, -0.1) is 0 Å². The Morgan fingerprint density at radius 3 is 2.56 bits per heavy atom. The van der Waals surface area contributed by atoms with Gasteiger partial charge in [0, 0.05) is 11.6 Å². The molecule has 0 radical (unpaired) electrons. The molecule has 2 amide bonds. The molecule has 4 N–H and O–H groups in total. The van der Waals surface area contributed by atoms with Gasteiger partial charge in [0.25, 0.3) is 0 Å². The van der Waals surface area contributed by atoms with Crippen molar-refractivity contribution in [2.75, 3.05) is 18.5 Å². The van der Waals surface area contributed by atoms with Crippen molar-refractivity contribution in [2.24, 2.45) is 0 Å². The van der Waals surface area contributed by atoms with Gasteiger partial charge in [0.05, 0.1) is 29.3 Å². The first kappa shape index (κ1) is 24.4.